The number of benzene rings is 1. The molecule has 1 fully saturated rings. The average Bonchev–Trinajstić information content (AvgIpc) is 2.49. The van der Waals surface area contributed by atoms with Gasteiger partial charge in [0, 0.05) is 17.4 Å². The van der Waals surface area contributed by atoms with Crippen LogP contribution < -0.4 is 15.6 Å². The van der Waals surface area contributed by atoms with Gasteiger partial charge in [-0.2, -0.15) is 0 Å². The van der Waals surface area contributed by atoms with Gasteiger partial charge in [0.15, 0.2) is 0 Å². The molecular weight excluding hydrogens is 284 g/mol. The molecule has 0 bridgehead atoms. The maximum absolute atomic E-state index is 11.3. The summed E-state index contributed by atoms with van der Waals surface area (Å²) < 4.78 is 5.35. The largest absolute Gasteiger partial charge is 0.496 e. The van der Waals surface area contributed by atoms with E-state index in [2.05, 4.69) is 42.9 Å². The molecule has 1 aliphatic heterocycles. The van der Waals surface area contributed by atoms with Crippen molar-refractivity contribution in [2.24, 2.45) is 5.92 Å². The van der Waals surface area contributed by atoms with Crippen molar-refractivity contribution in [1.29, 1.82) is 0 Å². The summed E-state index contributed by atoms with van der Waals surface area (Å²) in [5.41, 5.74) is 8.13. The fraction of sp³-hybridized carbons (Fsp3) is 0.438. The molecule has 1 aromatic rings. The fourth-order valence-electron chi connectivity index (χ4n) is 2.43. The van der Waals surface area contributed by atoms with Gasteiger partial charge in [0.2, 0.25) is 5.91 Å². The van der Waals surface area contributed by atoms with Crippen LogP contribution in [0, 0.1) is 5.92 Å². The SMILES string of the molecule is COc1ccc(/C(C)=C/C2NNC(=O)CC2C)cc1SC. The third-order valence-corrected chi connectivity index (χ3v) is 4.53. The van der Waals surface area contributed by atoms with Crippen LogP contribution in [0.5, 0.6) is 5.75 Å². The summed E-state index contributed by atoms with van der Waals surface area (Å²) in [6.07, 6.45) is 4.77. The average molecular weight is 306 g/mol. The lowest BCUT2D eigenvalue weighted by molar-refractivity contribution is -0.125. The lowest BCUT2D eigenvalue weighted by Crippen LogP contribution is -2.52. The molecule has 0 aliphatic carbocycles. The van der Waals surface area contributed by atoms with Crippen LogP contribution in [0.15, 0.2) is 29.2 Å². The highest BCUT2D eigenvalue weighted by Gasteiger charge is 2.23. The Balaban J connectivity index is 2.21. The second kappa shape index (κ2) is 7.00. The Labute approximate surface area is 130 Å². The number of hydrogen-bond acceptors (Lipinski definition) is 4. The molecule has 5 heteroatoms. The van der Waals surface area contributed by atoms with E-state index in [9.17, 15) is 4.79 Å². The molecule has 1 aliphatic rings. The van der Waals surface area contributed by atoms with Gasteiger partial charge in [-0.15, -0.1) is 11.8 Å². The van der Waals surface area contributed by atoms with Gasteiger partial charge in [-0.1, -0.05) is 19.1 Å². The molecule has 1 heterocycles. The van der Waals surface area contributed by atoms with Gasteiger partial charge in [-0.3, -0.25) is 10.2 Å². The van der Waals surface area contributed by atoms with E-state index in [1.165, 1.54) is 11.1 Å². The van der Waals surface area contributed by atoms with Crippen molar-refractivity contribution < 1.29 is 9.53 Å². The predicted octanol–water partition coefficient (Wildman–Crippen LogP) is 2.85. The van der Waals surface area contributed by atoms with Crippen LogP contribution in [0.3, 0.4) is 0 Å². The molecule has 0 radical (unpaired) electrons. The molecular formula is C16H22N2O2S. The van der Waals surface area contributed by atoms with Crippen molar-refractivity contribution in [3.63, 3.8) is 0 Å². The first-order chi connectivity index (χ1) is 10.0. The smallest absolute Gasteiger partial charge is 0.234 e. The van der Waals surface area contributed by atoms with Crippen molar-refractivity contribution in [2.45, 2.75) is 31.2 Å². The van der Waals surface area contributed by atoms with Gasteiger partial charge in [0.1, 0.15) is 5.75 Å². The maximum atomic E-state index is 11.3. The normalized spacial score (nSPS) is 22.9. The first-order valence-electron chi connectivity index (χ1n) is 7.00. The van der Waals surface area contributed by atoms with Gasteiger partial charge < -0.3 is 4.74 Å². The van der Waals surface area contributed by atoms with Crippen LogP contribution in [0.4, 0.5) is 0 Å². The summed E-state index contributed by atoms with van der Waals surface area (Å²) in [6.45, 7) is 4.18. The molecule has 2 N–H and O–H groups in total. The second-order valence-electron chi connectivity index (χ2n) is 5.32. The molecule has 4 nitrogen and oxygen atoms in total. The summed E-state index contributed by atoms with van der Waals surface area (Å²) >= 11 is 1.67. The van der Waals surface area contributed by atoms with Crippen LogP contribution in [-0.2, 0) is 4.79 Å². The molecule has 1 aromatic carbocycles. The number of hydrazine groups is 1. The highest BCUT2D eigenvalue weighted by Crippen LogP contribution is 2.31. The quantitative estimate of drug-likeness (QED) is 0.840. The fourth-order valence-corrected chi connectivity index (χ4v) is 3.03. The number of hydrogen-bond donors (Lipinski definition) is 2. The number of carbonyl (C=O) groups excluding carboxylic acids is 1. The highest BCUT2D eigenvalue weighted by atomic mass is 32.2. The van der Waals surface area contributed by atoms with Gasteiger partial charge in [-0.25, -0.2) is 5.43 Å². The third kappa shape index (κ3) is 3.80. The van der Waals surface area contributed by atoms with Gasteiger partial charge in [-0.05, 0) is 42.4 Å². The van der Waals surface area contributed by atoms with E-state index >= 15 is 0 Å². The Kier molecular flexibility index (Phi) is 5.31. The molecule has 21 heavy (non-hydrogen) atoms. The van der Waals surface area contributed by atoms with E-state index in [0.717, 1.165) is 10.6 Å². The molecule has 0 aromatic heterocycles. The molecule has 2 unspecified atom stereocenters. The minimum Gasteiger partial charge on any atom is -0.496 e. The van der Waals surface area contributed by atoms with Crippen LogP contribution in [0.1, 0.15) is 25.8 Å². The monoisotopic (exact) mass is 306 g/mol. The summed E-state index contributed by atoms with van der Waals surface area (Å²) in [5.74, 6) is 1.24. The van der Waals surface area contributed by atoms with E-state index in [-0.39, 0.29) is 17.9 Å². The number of allylic oxidation sites excluding steroid dienone is 1. The van der Waals surface area contributed by atoms with E-state index in [4.69, 9.17) is 4.74 Å². The van der Waals surface area contributed by atoms with Gasteiger partial charge >= 0.3 is 0 Å². The summed E-state index contributed by atoms with van der Waals surface area (Å²) in [4.78, 5) is 12.4. The Morgan fingerprint density at radius 2 is 2.24 bits per heavy atom. The highest BCUT2D eigenvalue weighted by molar-refractivity contribution is 7.98. The molecule has 1 amide bonds. The van der Waals surface area contributed by atoms with Crippen LogP contribution in [-0.4, -0.2) is 25.3 Å². The predicted molar refractivity (Wildman–Crippen MR) is 87.3 cm³/mol. The van der Waals surface area contributed by atoms with E-state index in [1.54, 1.807) is 18.9 Å². The first kappa shape index (κ1) is 15.9. The van der Waals surface area contributed by atoms with Crippen LogP contribution >= 0.6 is 11.8 Å². The van der Waals surface area contributed by atoms with Crippen molar-refractivity contribution >= 4 is 23.2 Å². The summed E-state index contributed by atoms with van der Waals surface area (Å²) in [6, 6.07) is 6.36. The standard InChI is InChI=1S/C16H22N2O2S/c1-10(7-13-11(2)8-16(19)18-17-13)12-5-6-14(20-3)15(9-12)21-4/h5-7,9,11,13,17H,8H2,1-4H3,(H,18,19)/b10-7+. The number of amides is 1. The maximum Gasteiger partial charge on any atom is 0.234 e. The zero-order valence-corrected chi connectivity index (χ0v) is 13.7. The molecule has 0 spiro atoms. The molecule has 2 atom stereocenters. The van der Waals surface area contributed by atoms with E-state index < -0.39 is 0 Å². The van der Waals surface area contributed by atoms with Crippen molar-refractivity contribution in [2.75, 3.05) is 13.4 Å². The zero-order valence-electron chi connectivity index (χ0n) is 12.9. The third-order valence-electron chi connectivity index (χ3n) is 3.77. The number of nitrogens with one attached hydrogen (secondary N) is 2. The lowest BCUT2D eigenvalue weighted by Gasteiger charge is -2.28. The minimum atomic E-state index is 0.0546. The van der Waals surface area contributed by atoms with Crippen molar-refractivity contribution in [3.05, 3.63) is 29.8 Å². The van der Waals surface area contributed by atoms with Crippen LogP contribution in [0.25, 0.3) is 5.57 Å². The number of carbonyl (C=O) groups is 1. The molecule has 2 rings (SSSR count). The second-order valence-corrected chi connectivity index (χ2v) is 6.17. The Hall–Kier alpha value is -1.46. The number of methoxy groups -OCH3 is 1. The Morgan fingerprint density at radius 1 is 1.48 bits per heavy atom. The summed E-state index contributed by atoms with van der Waals surface area (Å²) in [5, 5.41) is 0. The van der Waals surface area contributed by atoms with Crippen molar-refractivity contribution in [1.82, 2.24) is 10.9 Å². The Morgan fingerprint density at radius 3 is 2.86 bits per heavy atom. The number of rotatable bonds is 4. The number of thioether (sulfide) groups is 1. The number of ether oxygens (including phenoxy) is 1. The first-order valence-corrected chi connectivity index (χ1v) is 8.22. The van der Waals surface area contributed by atoms with Gasteiger partial charge in [0.25, 0.3) is 0 Å². The van der Waals surface area contributed by atoms with E-state index in [1.807, 2.05) is 12.3 Å². The lowest BCUT2D eigenvalue weighted by atomic mass is 9.93. The van der Waals surface area contributed by atoms with Gasteiger partial charge in [0.05, 0.1) is 7.11 Å². The summed E-state index contributed by atoms with van der Waals surface area (Å²) in [7, 11) is 1.69. The van der Waals surface area contributed by atoms with E-state index in [0.29, 0.717) is 6.42 Å². The Bertz CT molecular complexity index is 557. The molecule has 114 valence electrons. The zero-order chi connectivity index (χ0) is 15.4. The topological polar surface area (TPSA) is 50.4 Å². The van der Waals surface area contributed by atoms with Crippen molar-refractivity contribution in [3.8, 4) is 5.75 Å². The molecule has 1 saturated heterocycles. The van der Waals surface area contributed by atoms with Crippen LogP contribution in [0.2, 0.25) is 0 Å². The molecule has 0 saturated carbocycles. The minimum absolute atomic E-state index is 0.0546.